The first-order valence-corrected chi connectivity index (χ1v) is 3.56. The summed E-state index contributed by atoms with van der Waals surface area (Å²) < 4.78 is 3.89. The van der Waals surface area contributed by atoms with E-state index in [0.29, 0.717) is 5.82 Å². The number of hydrogen-bond acceptors (Lipinski definition) is 4. The Balaban J connectivity index is 2.61. The fourth-order valence-electron chi connectivity index (χ4n) is 0.546. The molecule has 0 spiro atoms. The van der Waals surface area contributed by atoms with Gasteiger partial charge >= 0.3 is 0 Å². The van der Waals surface area contributed by atoms with Crippen molar-refractivity contribution in [1.82, 2.24) is 4.37 Å². The van der Waals surface area contributed by atoms with E-state index in [1.165, 1.54) is 11.5 Å². The van der Waals surface area contributed by atoms with Crippen LogP contribution in [0.4, 0.5) is 10.8 Å². The van der Waals surface area contributed by atoms with E-state index in [0.717, 1.165) is 11.5 Å². The maximum atomic E-state index is 5.37. The molecule has 0 fully saturated rings. The van der Waals surface area contributed by atoms with Crippen molar-refractivity contribution >= 4 is 22.4 Å². The van der Waals surface area contributed by atoms with E-state index in [4.69, 9.17) is 5.73 Å². The van der Waals surface area contributed by atoms with Gasteiger partial charge < -0.3 is 11.1 Å². The summed E-state index contributed by atoms with van der Waals surface area (Å²) in [6, 6.07) is 1.83. The van der Waals surface area contributed by atoms with Crippen LogP contribution in [0.25, 0.3) is 0 Å². The van der Waals surface area contributed by atoms with E-state index in [1.54, 1.807) is 0 Å². The molecule has 0 aliphatic rings. The van der Waals surface area contributed by atoms with Crippen LogP contribution in [0.15, 0.2) is 6.07 Å². The molecule has 1 aromatic heterocycles. The van der Waals surface area contributed by atoms with E-state index in [2.05, 4.69) is 9.69 Å². The quantitative estimate of drug-likeness (QED) is 0.653. The lowest BCUT2D eigenvalue weighted by atomic mass is 10.6. The van der Waals surface area contributed by atoms with Crippen molar-refractivity contribution in [2.24, 2.45) is 0 Å². The lowest BCUT2D eigenvalue weighted by molar-refractivity contribution is 1.23. The van der Waals surface area contributed by atoms with Crippen LogP contribution in [0.3, 0.4) is 0 Å². The molecule has 0 aliphatic carbocycles. The summed E-state index contributed by atoms with van der Waals surface area (Å²) in [5.41, 5.74) is 5.37. The summed E-state index contributed by atoms with van der Waals surface area (Å²) in [4.78, 5) is 0. The van der Waals surface area contributed by atoms with Gasteiger partial charge in [-0.3, -0.25) is 0 Å². The zero-order valence-corrected chi connectivity index (χ0v) is 6.03. The number of anilines is 2. The third kappa shape index (κ3) is 1.57. The highest BCUT2D eigenvalue weighted by molar-refractivity contribution is 7.10. The fraction of sp³-hybridized carbons (Fsp3) is 0.400. The molecule has 9 heavy (non-hydrogen) atoms. The summed E-state index contributed by atoms with van der Waals surface area (Å²) in [5, 5.41) is 4.14. The molecule has 1 rings (SSSR count). The monoisotopic (exact) mass is 143 g/mol. The van der Waals surface area contributed by atoms with Gasteiger partial charge in [-0.25, -0.2) is 0 Å². The Morgan fingerprint density at radius 2 is 2.67 bits per heavy atom. The predicted molar refractivity (Wildman–Crippen MR) is 40.7 cm³/mol. The van der Waals surface area contributed by atoms with Crippen LogP contribution in [0.2, 0.25) is 0 Å². The Morgan fingerprint density at radius 1 is 1.89 bits per heavy atom. The Hall–Kier alpha value is -0.770. The van der Waals surface area contributed by atoms with Gasteiger partial charge in [-0.2, -0.15) is 4.37 Å². The molecule has 1 heterocycles. The standard InChI is InChI=1S/C5H9N3S/c1-2-7-5-3-4(6)8-9-5/h3,7H,2H2,1H3,(H2,6,8). The molecule has 0 aromatic carbocycles. The number of aromatic nitrogens is 1. The molecule has 0 saturated carbocycles. The summed E-state index contributed by atoms with van der Waals surface area (Å²) in [6.07, 6.45) is 0. The summed E-state index contributed by atoms with van der Waals surface area (Å²) in [5.74, 6) is 0.593. The van der Waals surface area contributed by atoms with Crippen LogP contribution in [0, 0.1) is 0 Å². The van der Waals surface area contributed by atoms with E-state index >= 15 is 0 Å². The zero-order valence-electron chi connectivity index (χ0n) is 5.22. The number of nitrogens with one attached hydrogen (secondary N) is 1. The minimum absolute atomic E-state index is 0.593. The first-order chi connectivity index (χ1) is 4.33. The molecular formula is C5H9N3S. The lowest BCUT2D eigenvalue weighted by Gasteiger charge is -1.92. The first kappa shape index (κ1) is 6.35. The van der Waals surface area contributed by atoms with E-state index in [-0.39, 0.29) is 0 Å². The zero-order chi connectivity index (χ0) is 6.69. The average molecular weight is 143 g/mol. The van der Waals surface area contributed by atoms with Gasteiger partial charge in [0.1, 0.15) is 10.8 Å². The molecule has 3 nitrogen and oxygen atoms in total. The maximum absolute atomic E-state index is 5.37. The van der Waals surface area contributed by atoms with Crippen LogP contribution in [-0.2, 0) is 0 Å². The van der Waals surface area contributed by atoms with Crippen LogP contribution < -0.4 is 11.1 Å². The highest BCUT2D eigenvalue weighted by Gasteiger charge is 1.93. The van der Waals surface area contributed by atoms with Gasteiger partial charge in [0.2, 0.25) is 0 Å². The van der Waals surface area contributed by atoms with E-state index < -0.39 is 0 Å². The molecule has 0 radical (unpaired) electrons. The molecule has 0 saturated heterocycles. The molecule has 50 valence electrons. The third-order valence-corrected chi connectivity index (χ3v) is 1.64. The van der Waals surface area contributed by atoms with Gasteiger partial charge in [0.15, 0.2) is 0 Å². The molecule has 0 atom stereocenters. The molecule has 0 aliphatic heterocycles. The second-order valence-corrected chi connectivity index (χ2v) is 2.45. The van der Waals surface area contributed by atoms with Gasteiger partial charge in [-0.15, -0.1) is 0 Å². The van der Waals surface area contributed by atoms with Crippen molar-refractivity contribution in [3.8, 4) is 0 Å². The van der Waals surface area contributed by atoms with Crippen LogP contribution >= 0.6 is 11.5 Å². The Kier molecular flexibility index (Phi) is 1.89. The second-order valence-electron chi connectivity index (χ2n) is 1.65. The highest BCUT2D eigenvalue weighted by atomic mass is 32.1. The largest absolute Gasteiger partial charge is 0.383 e. The van der Waals surface area contributed by atoms with Gasteiger partial charge in [0, 0.05) is 12.6 Å². The third-order valence-electron chi connectivity index (χ3n) is 0.879. The molecular weight excluding hydrogens is 134 g/mol. The number of nitrogens with two attached hydrogens (primary N) is 1. The number of nitrogens with zero attached hydrogens (tertiary/aromatic N) is 1. The number of rotatable bonds is 2. The van der Waals surface area contributed by atoms with Gasteiger partial charge in [0.05, 0.1) is 0 Å². The molecule has 1 aromatic rings. The SMILES string of the molecule is CCNc1cc(N)ns1. The Labute approximate surface area is 58.1 Å². The fourth-order valence-corrected chi connectivity index (χ4v) is 1.19. The van der Waals surface area contributed by atoms with Crippen molar-refractivity contribution in [3.05, 3.63) is 6.07 Å². The maximum Gasteiger partial charge on any atom is 0.139 e. The average Bonchev–Trinajstić information content (AvgIpc) is 2.17. The highest BCUT2D eigenvalue weighted by Crippen LogP contribution is 2.16. The van der Waals surface area contributed by atoms with Crippen LogP contribution in [0.5, 0.6) is 0 Å². The summed E-state index contributed by atoms with van der Waals surface area (Å²) in [6.45, 7) is 2.96. The van der Waals surface area contributed by atoms with Crippen LogP contribution in [0.1, 0.15) is 6.92 Å². The smallest absolute Gasteiger partial charge is 0.139 e. The number of hydrogen-bond donors (Lipinski definition) is 2. The van der Waals surface area contributed by atoms with Crippen molar-refractivity contribution in [1.29, 1.82) is 0 Å². The number of nitrogen functional groups attached to an aromatic ring is 1. The Bertz CT molecular complexity index is 184. The minimum atomic E-state index is 0.593. The van der Waals surface area contributed by atoms with Crippen molar-refractivity contribution in [2.45, 2.75) is 6.92 Å². The lowest BCUT2D eigenvalue weighted by Crippen LogP contribution is -1.92. The first-order valence-electron chi connectivity index (χ1n) is 2.79. The molecule has 0 bridgehead atoms. The van der Waals surface area contributed by atoms with Crippen molar-refractivity contribution in [2.75, 3.05) is 17.6 Å². The van der Waals surface area contributed by atoms with Crippen LogP contribution in [-0.4, -0.2) is 10.9 Å². The van der Waals surface area contributed by atoms with Crippen molar-refractivity contribution in [3.63, 3.8) is 0 Å². The summed E-state index contributed by atoms with van der Waals surface area (Å²) >= 11 is 1.39. The molecule has 0 amide bonds. The minimum Gasteiger partial charge on any atom is -0.383 e. The van der Waals surface area contributed by atoms with Gasteiger partial charge in [0.25, 0.3) is 0 Å². The van der Waals surface area contributed by atoms with E-state index in [1.807, 2.05) is 13.0 Å². The summed E-state index contributed by atoms with van der Waals surface area (Å²) in [7, 11) is 0. The normalized spacial score (nSPS) is 9.44. The molecule has 0 unspecified atom stereocenters. The van der Waals surface area contributed by atoms with Crippen molar-refractivity contribution < 1.29 is 0 Å². The molecule has 4 heteroatoms. The topological polar surface area (TPSA) is 50.9 Å². The Morgan fingerprint density at radius 3 is 3.11 bits per heavy atom. The molecule has 3 N–H and O–H groups in total. The van der Waals surface area contributed by atoms with E-state index in [9.17, 15) is 0 Å². The van der Waals surface area contributed by atoms with Gasteiger partial charge in [-0.05, 0) is 18.5 Å². The predicted octanol–water partition coefficient (Wildman–Crippen LogP) is 1.16. The second kappa shape index (κ2) is 2.68. The van der Waals surface area contributed by atoms with Gasteiger partial charge in [-0.1, -0.05) is 0 Å².